The minimum atomic E-state index is -0.694. The average molecular weight is 793 g/mol. The minimum absolute atomic E-state index is 0.0860. The van der Waals surface area contributed by atoms with Crippen LogP contribution in [-0.4, -0.2) is 92.1 Å². The highest BCUT2D eigenvalue weighted by molar-refractivity contribution is 5.88. The van der Waals surface area contributed by atoms with Crippen LogP contribution in [0.3, 0.4) is 0 Å². The lowest BCUT2D eigenvalue weighted by Crippen LogP contribution is -2.54. The molecule has 4 aromatic rings. The Kier molecular flexibility index (Phi) is 10.9. The number of fused-ring (bicyclic) bond motifs is 4. The van der Waals surface area contributed by atoms with Gasteiger partial charge in [0.1, 0.15) is 23.7 Å². The number of hydrogen-bond acceptors (Lipinski definition) is 8. The van der Waals surface area contributed by atoms with Gasteiger partial charge in [-0.25, -0.2) is 19.6 Å². The molecule has 0 radical (unpaired) electrons. The Morgan fingerprint density at radius 3 is 2.03 bits per heavy atom. The summed E-state index contributed by atoms with van der Waals surface area (Å²) in [6, 6.07) is 13.0. The van der Waals surface area contributed by atoms with Crippen LogP contribution in [0.2, 0.25) is 0 Å². The van der Waals surface area contributed by atoms with Crippen LogP contribution in [-0.2, 0) is 19.1 Å². The number of rotatable bonds is 10. The molecule has 8 rings (SSSR count). The molecule has 0 spiro atoms. The number of alkyl carbamates (subject to hydrolysis) is 2. The van der Waals surface area contributed by atoms with Gasteiger partial charge in [0.25, 0.3) is 0 Å². The van der Waals surface area contributed by atoms with Crippen LogP contribution in [0, 0.1) is 23.7 Å². The standard InChI is InChI=1S/C44H56N8O6/c1-23(2)36(49-43(55)57-5)41(53)51-30-17-15-29(19-30)38(51)40-46-31-18-16-27(20-32(31)47-40)25-11-13-26(14-12-25)33-22-45-39(48-33)35-21-28-9-7-8-10-34(28)52(35)42(54)37(24(3)4)50-44(56)58-6/h11-14,16,18,20,22-24,28-30,34-38H,7-10,15,17,19,21H2,1-6H3,(H,45,48)(H,46,47)(H,49,55)(H,50,56)/t28?,29?,30?,34?,35-,36-,37-,38-/m0/s1. The fourth-order valence-electron chi connectivity index (χ4n) is 10.2. The monoisotopic (exact) mass is 792 g/mol. The minimum Gasteiger partial charge on any atom is -0.453 e. The van der Waals surface area contributed by atoms with Crippen LogP contribution in [0.5, 0.6) is 0 Å². The number of benzene rings is 2. The Hall–Kier alpha value is -5.40. The summed E-state index contributed by atoms with van der Waals surface area (Å²) in [5.74, 6) is 1.84. The van der Waals surface area contributed by atoms with Gasteiger partial charge in [-0.05, 0) is 85.5 Å². The van der Waals surface area contributed by atoms with Crippen molar-refractivity contribution in [1.29, 1.82) is 0 Å². The number of nitrogens with zero attached hydrogens (tertiary/aromatic N) is 4. The number of imidazole rings is 2. The van der Waals surface area contributed by atoms with E-state index in [1.54, 1.807) is 0 Å². The van der Waals surface area contributed by atoms with Crippen molar-refractivity contribution in [2.45, 2.75) is 115 Å². The first-order valence-electron chi connectivity index (χ1n) is 20.9. The second kappa shape index (κ2) is 16.1. The van der Waals surface area contributed by atoms with E-state index in [0.29, 0.717) is 11.8 Å². The van der Waals surface area contributed by atoms with Gasteiger partial charge in [0, 0.05) is 23.8 Å². The number of hydrogen-bond donors (Lipinski definition) is 4. The van der Waals surface area contributed by atoms with E-state index in [-0.39, 0.29) is 47.8 Å². The van der Waals surface area contributed by atoms with Crippen molar-refractivity contribution in [2.24, 2.45) is 23.7 Å². The number of aromatic nitrogens is 4. The van der Waals surface area contributed by atoms with E-state index in [0.717, 1.165) is 96.4 Å². The summed E-state index contributed by atoms with van der Waals surface area (Å²) in [5.41, 5.74) is 5.54. The van der Waals surface area contributed by atoms with Gasteiger partial charge in [-0.15, -0.1) is 0 Å². The largest absolute Gasteiger partial charge is 0.453 e. The Bertz CT molecular complexity index is 2160. The van der Waals surface area contributed by atoms with E-state index < -0.39 is 24.3 Å². The van der Waals surface area contributed by atoms with Crippen LogP contribution in [0.1, 0.15) is 103 Å². The summed E-state index contributed by atoms with van der Waals surface area (Å²) in [6.45, 7) is 7.74. The quantitative estimate of drug-likeness (QED) is 0.130. The fourth-order valence-corrected chi connectivity index (χ4v) is 10.2. The molecule has 14 nitrogen and oxygen atoms in total. The van der Waals surface area contributed by atoms with Crippen LogP contribution in [0.4, 0.5) is 9.59 Å². The van der Waals surface area contributed by atoms with Gasteiger partial charge in [-0.2, -0.15) is 0 Å². The number of piperidine rings is 1. The van der Waals surface area contributed by atoms with E-state index >= 15 is 0 Å². The van der Waals surface area contributed by atoms with Gasteiger partial charge in [0.2, 0.25) is 11.8 Å². The van der Waals surface area contributed by atoms with Gasteiger partial charge in [0.05, 0.1) is 43.0 Å². The maximum absolute atomic E-state index is 14.2. The van der Waals surface area contributed by atoms with E-state index in [4.69, 9.17) is 19.4 Å². The third kappa shape index (κ3) is 7.30. The van der Waals surface area contributed by atoms with Crippen LogP contribution >= 0.6 is 0 Å². The topological polar surface area (TPSA) is 175 Å². The predicted octanol–water partition coefficient (Wildman–Crippen LogP) is 7.27. The summed E-state index contributed by atoms with van der Waals surface area (Å²) in [6.07, 6.45) is 8.71. The van der Waals surface area contributed by atoms with Crippen molar-refractivity contribution < 1.29 is 28.7 Å². The van der Waals surface area contributed by atoms with Crippen molar-refractivity contribution in [3.05, 3.63) is 60.3 Å². The first kappa shape index (κ1) is 39.4. The smallest absolute Gasteiger partial charge is 0.407 e. The van der Waals surface area contributed by atoms with Crippen molar-refractivity contribution in [3.8, 4) is 22.4 Å². The number of nitrogens with one attached hydrogen (secondary N) is 4. The summed E-state index contributed by atoms with van der Waals surface area (Å²) in [4.78, 5) is 73.7. The zero-order chi connectivity index (χ0) is 40.8. The first-order valence-corrected chi connectivity index (χ1v) is 20.9. The molecule has 2 aliphatic carbocycles. The lowest BCUT2D eigenvalue weighted by atomic mass is 9.84. The van der Waals surface area contributed by atoms with E-state index in [1.807, 2.05) is 49.8 Å². The molecule has 58 heavy (non-hydrogen) atoms. The number of methoxy groups -OCH3 is 2. The highest BCUT2D eigenvalue weighted by Gasteiger charge is 2.52. The molecule has 14 heteroatoms. The average Bonchev–Trinajstić information content (AvgIpc) is 4.08. The summed E-state index contributed by atoms with van der Waals surface area (Å²) in [7, 11) is 2.62. The molecular formula is C44H56N8O6. The number of aromatic amines is 2. The summed E-state index contributed by atoms with van der Waals surface area (Å²) < 4.78 is 9.70. The predicted molar refractivity (Wildman–Crippen MR) is 218 cm³/mol. The molecule has 2 aromatic carbocycles. The van der Waals surface area contributed by atoms with E-state index in [9.17, 15) is 19.2 Å². The molecule has 4 N–H and O–H groups in total. The lowest BCUT2D eigenvalue weighted by molar-refractivity contribution is -0.139. The maximum atomic E-state index is 14.2. The molecular weight excluding hydrogens is 737 g/mol. The number of ether oxygens (including phenoxy) is 2. The normalized spacial score (nSPS) is 24.9. The number of H-pyrrole nitrogens is 2. The summed E-state index contributed by atoms with van der Waals surface area (Å²) >= 11 is 0. The van der Waals surface area contributed by atoms with Crippen molar-refractivity contribution >= 4 is 35.0 Å². The Morgan fingerprint density at radius 1 is 0.724 bits per heavy atom. The molecule has 4 heterocycles. The number of carbonyl (C=O) groups excluding carboxylic acids is 4. The number of carbonyl (C=O) groups is 4. The molecule has 2 bridgehead atoms. The Balaban J connectivity index is 1.01. The highest BCUT2D eigenvalue weighted by atomic mass is 16.5. The fraction of sp³-hybridized carbons (Fsp3) is 0.545. The number of likely N-dealkylation sites (tertiary alicyclic amines) is 2. The molecule has 4 aliphatic rings. The van der Waals surface area contributed by atoms with Crippen molar-refractivity contribution in [3.63, 3.8) is 0 Å². The molecule has 4 fully saturated rings. The van der Waals surface area contributed by atoms with Crippen molar-refractivity contribution in [1.82, 2.24) is 40.4 Å². The first-order chi connectivity index (χ1) is 27.9. The molecule has 4 amide bonds. The second-order valence-electron chi connectivity index (χ2n) is 17.3. The number of amides is 4. The van der Waals surface area contributed by atoms with Gasteiger partial charge in [-0.1, -0.05) is 70.9 Å². The van der Waals surface area contributed by atoms with Crippen LogP contribution in [0.15, 0.2) is 48.7 Å². The van der Waals surface area contributed by atoms with Crippen LogP contribution < -0.4 is 10.6 Å². The van der Waals surface area contributed by atoms with Crippen LogP contribution in [0.25, 0.3) is 33.4 Å². The van der Waals surface area contributed by atoms with Gasteiger partial charge in [0.15, 0.2) is 0 Å². The third-order valence-electron chi connectivity index (χ3n) is 13.2. The van der Waals surface area contributed by atoms with Gasteiger partial charge >= 0.3 is 12.2 Å². The second-order valence-corrected chi connectivity index (χ2v) is 17.3. The maximum Gasteiger partial charge on any atom is 0.407 e. The third-order valence-corrected chi connectivity index (χ3v) is 13.2. The molecule has 2 aromatic heterocycles. The van der Waals surface area contributed by atoms with Gasteiger partial charge < -0.3 is 39.9 Å². The highest BCUT2D eigenvalue weighted by Crippen LogP contribution is 2.50. The Morgan fingerprint density at radius 2 is 1.36 bits per heavy atom. The van der Waals surface area contributed by atoms with Crippen molar-refractivity contribution in [2.75, 3.05) is 14.2 Å². The van der Waals surface area contributed by atoms with E-state index in [1.165, 1.54) is 14.2 Å². The molecule has 8 atom stereocenters. The molecule has 2 aliphatic heterocycles. The molecule has 2 saturated carbocycles. The summed E-state index contributed by atoms with van der Waals surface area (Å²) in [5, 5.41) is 5.56. The Labute approximate surface area is 339 Å². The zero-order valence-electron chi connectivity index (χ0n) is 34.3. The lowest BCUT2D eigenvalue weighted by Gasteiger charge is -2.37. The van der Waals surface area contributed by atoms with Gasteiger partial charge in [-0.3, -0.25) is 9.59 Å². The van der Waals surface area contributed by atoms with E-state index in [2.05, 4.69) is 57.0 Å². The zero-order valence-corrected chi connectivity index (χ0v) is 34.3. The molecule has 4 unspecified atom stereocenters. The molecule has 308 valence electrons. The SMILES string of the molecule is COC(=O)N[C@H](C(=O)N1C2CCC(C2)[C@H]1c1nc2cc(-c3ccc(-c4c[nH]c([C@@H]5CC6CCCCC6N5C(=O)[C@@H](NC(=O)OC)C(C)C)n4)cc3)ccc2[nH]1)C(C)C. The molecule has 2 saturated heterocycles.